The molecule has 1 N–H and O–H groups in total. The number of phenolic OH excluding ortho intramolecular Hbond substituents is 1. The number of aromatic hydroxyl groups is 1. The first-order valence-electron chi connectivity index (χ1n) is 11.7. The average molecular weight is 467 g/mol. The number of pyridine rings is 1. The molecule has 0 atom stereocenters. The quantitative estimate of drug-likeness (QED) is 0.454. The van der Waals surface area contributed by atoms with Crippen LogP contribution < -0.4 is 9.64 Å². The van der Waals surface area contributed by atoms with Crippen molar-refractivity contribution in [3.05, 3.63) is 77.8 Å². The first-order chi connectivity index (χ1) is 17.0. The Morgan fingerprint density at radius 2 is 1.77 bits per heavy atom. The molecule has 2 aromatic heterocycles. The molecule has 0 unspecified atom stereocenters. The number of benzene rings is 2. The third-order valence-electron chi connectivity index (χ3n) is 6.89. The molecule has 7 heteroatoms. The summed E-state index contributed by atoms with van der Waals surface area (Å²) >= 11 is 0. The van der Waals surface area contributed by atoms with Crippen molar-refractivity contribution in [2.75, 3.05) is 38.1 Å². The second kappa shape index (κ2) is 8.29. The number of aryl methyl sites for hydroxylation is 1. The van der Waals surface area contributed by atoms with Gasteiger partial charge < -0.3 is 24.2 Å². The molecular formula is C28H26N4O3. The largest absolute Gasteiger partial charge is 0.507 e. The van der Waals surface area contributed by atoms with E-state index < -0.39 is 0 Å². The van der Waals surface area contributed by atoms with Crippen molar-refractivity contribution in [2.45, 2.75) is 0 Å². The van der Waals surface area contributed by atoms with Crippen LogP contribution >= 0.6 is 0 Å². The molecule has 0 amide bonds. The number of piperazine rings is 1. The Balaban J connectivity index is 1.39. The highest BCUT2D eigenvalue weighted by Gasteiger charge is 2.30. The van der Waals surface area contributed by atoms with Gasteiger partial charge in [0.1, 0.15) is 22.7 Å². The van der Waals surface area contributed by atoms with Gasteiger partial charge in [0.25, 0.3) is 0 Å². The van der Waals surface area contributed by atoms with E-state index in [-0.39, 0.29) is 22.9 Å². The lowest BCUT2D eigenvalue weighted by molar-refractivity contribution is 0.101. The lowest BCUT2D eigenvalue weighted by atomic mass is 10.00. The van der Waals surface area contributed by atoms with E-state index in [1.54, 1.807) is 18.2 Å². The van der Waals surface area contributed by atoms with Gasteiger partial charge >= 0.3 is 0 Å². The number of ether oxygens (including phenoxy) is 1. The highest BCUT2D eigenvalue weighted by Crippen LogP contribution is 2.39. The van der Waals surface area contributed by atoms with E-state index in [1.807, 2.05) is 30.1 Å². The maximum absolute atomic E-state index is 12.9. The standard InChI is InChI=1S/C28H26N4O3/c1-30-12-14-32(15-13-30)20-8-6-18(7-9-20)21-10-11-29-28-25(21)19(17-31(28)2)16-24-27(34)26-22(33)4-3-5-23(26)35-24/h3-11,16-17,33H,12-15H2,1-2H3. The highest BCUT2D eigenvalue weighted by molar-refractivity contribution is 6.17. The number of nitrogens with zero attached hydrogens (tertiary/aromatic N) is 4. The summed E-state index contributed by atoms with van der Waals surface area (Å²) in [6, 6.07) is 15.5. The monoisotopic (exact) mass is 466 g/mol. The summed E-state index contributed by atoms with van der Waals surface area (Å²) in [5.41, 5.74) is 5.22. The van der Waals surface area contributed by atoms with Crippen molar-refractivity contribution in [3.63, 3.8) is 0 Å². The molecule has 0 radical (unpaired) electrons. The maximum Gasteiger partial charge on any atom is 0.235 e. The second-order valence-electron chi connectivity index (χ2n) is 9.18. The molecule has 0 spiro atoms. The van der Waals surface area contributed by atoms with Gasteiger partial charge in [-0.2, -0.15) is 0 Å². The van der Waals surface area contributed by atoms with E-state index >= 15 is 0 Å². The minimum absolute atomic E-state index is 0.0726. The zero-order valence-electron chi connectivity index (χ0n) is 19.7. The number of hydrogen-bond acceptors (Lipinski definition) is 6. The molecule has 4 heterocycles. The Labute approximate surface area is 203 Å². The number of anilines is 1. The lowest BCUT2D eigenvalue weighted by Gasteiger charge is -2.34. The van der Waals surface area contributed by atoms with Crippen molar-refractivity contribution in [1.82, 2.24) is 14.5 Å². The number of rotatable bonds is 3. The summed E-state index contributed by atoms with van der Waals surface area (Å²) in [5.74, 6) is 0.169. The second-order valence-corrected chi connectivity index (χ2v) is 9.18. The van der Waals surface area contributed by atoms with Crippen molar-refractivity contribution in [3.8, 4) is 22.6 Å². The van der Waals surface area contributed by atoms with Crippen LogP contribution in [0.15, 0.2) is 66.7 Å². The number of carbonyl (C=O) groups is 1. The van der Waals surface area contributed by atoms with Crippen LogP contribution in [-0.2, 0) is 7.05 Å². The average Bonchev–Trinajstić information content (AvgIpc) is 3.37. The molecule has 4 aromatic rings. The highest BCUT2D eigenvalue weighted by atomic mass is 16.5. The lowest BCUT2D eigenvalue weighted by Crippen LogP contribution is -2.44. The molecule has 1 saturated heterocycles. The number of allylic oxidation sites excluding steroid dienone is 1. The van der Waals surface area contributed by atoms with Gasteiger partial charge in [0.15, 0.2) is 5.76 Å². The molecule has 2 aliphatic rings. The van der Waals surface area contributed by atoms with Crippen LogP contribution in [0.2, 0.25) is 0 Å². The molecular weight excluding hydrogens is 440 g/mol. The fourth-order valence-corrected chi connectivity index (χ4v) is 4.96. The molecule has 0 saturated carbocycles. The number of ketones is 1. The van der Waals surface area contributed by atoms with Crippen LogP contribution in [0.4, 0.5) is 5.69 Å². The SMILES string of the molecule is CN1CCN(c2ccc(-c3ccnc4c3c(C=C3Oc5cccc(O)c5C3=O)cn4C)cc2)CC1. The van der Waals surface area contributed by atoms with Crippen molar-refractivity contribution < 1.29 is 14.6 Å². The van der Waals surface area contributed by atoms with Gasteiger partial charge in [-0.1, -0.05) is 18.2 Å². The van der Waals surface area contributed by atoms with Gasteiger partial charge in [0.2, 0.25) is 5.78 Å². The number of fused-ring (bicyclic) bond motifs is 2. The van der Waals surface area contributed by atoms with Crippen molar-refractivity contribution in [2.24, 2.45) is 7.05 Å². The van der Waals surface area contributed by atoms with E-state index in [2.05, 4.69) is 46.1 Å². The van der Waals surface area contributed by atoms with E-state index in [0.29, 0.717) is 5.75 Å². The van der Waals surface area contributed by atoms with Gasteiger partial charge in [-0.05, 0) is 54.6 Å². The number of aromatic nitrogens is 2. The predicted octanol–water partition coefficient (Wildman–Crippen LogP) is 4.31. The fourth-order valence-electron chi connectivity index (χ4n) is 4.96. The Bertz CT molecular complexity index is 1480. The summed E-state index contributed by atoms with van der Waals surface area (Å²) in [4.78, 5) is 22.3. The van der Waals surface area contributed by atoms with Crippen LogP contribution in [0, 0.1) is 0 Å². The van der Waals surface area contributed by atoms with E-state index in [9.17, 15) is 9.90 Å². The molecule has 35 heavy (non-hydrogen) atoms. The van der Waals surface area contributed by atoms with Gasteiger partial charge in [-0.25, -0.2) is 4.98 Å². The molecule has 0 bridgehead atoms. The van der Waals surface area contributed by atoms with Crippen LogP contribution in [0.5, 0.6) is 11.5 Å². The zero-order chi connectivity index (χ0) is 24.1. The first kappa shape index (κ1) is 21.4. The number of Topliss-reactive ketones (excluding diaryl/α,β-unsaturated/α-hetero) is 1. The Hall–Kier alpha value is -4.10. The summed E-state index contributed by atoms with van der Waals surface area (Å²) in [6.45, 7) is 4.18. The maximum atomic E-state index is 12.9. The number of likely N-dealkylation sites (N-methyl/N-ethyl adjacent to an activating group) is 1. The van der Waals surface area contributed by atoms with Gasteiger partial charge in [0.05, 0.1) is 0 Å². The van der Waals surface area contributed by atoms with Gasteiger partial charge in [-0.3, -0.25) is 4.79 Å². The Morgan fingerprint density at radius 1 is 1.00 bits per heavy atom. The third kappa shape index (κ3) is 3.65. The Kier molecular flexibility index (Phi) is 5.07. The number of carbonyl (C=O) groups excluding carboxylic acids is 1. The minimum Gasteiger partial charge on any atom is -0.507 e. The minimum atomic E-state index is -0.322. The summed E-state index contributed by atoms with van der Waals surface area (Å²) in [7, 11) is 4.10. The molecule has 6 rings (SSSR count). The molecule has 176 valence electrons. The third-order valence-corrected chi connectivity index (χ3v) is 6.89. The van der Waals surface area contributed by atoms with Gasteiger partial charge in [0, 0.05) is 62.3 Å². The zero-order valence-corrected chi connectivity index (χ0v) is 19.7. The smallest absolute Gasteiger partial charge is 0.235 e. The molecule has 1 fully saturated rings. The van der Waals surface area contributed by atoms with E-state index in [0.717, 1.165) is 53.9 Å². The van der Waals surface area contributed by atoms with E-state index in [4.69, 9.17) is 4.74 Å². The topological polar surface area (TPSA) is 70.8 Å². The molecule has 2 aromatic carbocycles. The predicted molar refractivity (Wildman–Crippen MR) is 137 cm³/mol. The van der Waals surface area contributed by atoms with Crippen molar-refractivity contribution in [1.29, 1.82) is 0 Å². The van der Waals surface area contributed by atoms with Crippen molar-refractivity contribution >= 4 is 28.6 Å². The molecule has 7 nitrogen and oxygen atoms in total. The molecule has 2 aliphatic heterocycles. The molecule has 0 aliphatic carbocycles. The fraction of sp³-hybridized carbons (Fsp3) is 0.214. The summed E-state index contributed by atoms with van der Waals surface area (Å²) in [6.07, 6.45) is 5.51. The van der Waals surface area contributed by atoms with Crippen LogP contribution in [0.3, 0.4) is 0 Å². The first-order valence-corrected chi connectivity index (χ1v) is 11.7. The van der Waals surface area contributed by atoms with Crippen LogP contribution in [-0.4, -0.2) is 58.6 Å². The number of phenols is 1. The summed E-state index contributed by atoms with van der Waals surface area (Å²) < 4.78 is 7.76. The summed E-state index contributed by atoms with van der Waals surface area (Å²) in [5, 5.41) is 11.1. The Morgan fingerprint density at radius 3 is 2.51 bits per heavy atom. The van der Waals surface area contributed by atoms with Crippen LogP contribution in [0.25, 0.3) is 28.2 Å². The van der Waals surface area contributed by atoms with Gasteiger partial charge in [-0.15, -0.1) is 0 Å². The van der Waals surface area contributed by atoms with Crippen LogP contribution in [0.1, 0.15) is 15.9 Å². The normalized spacial score (nSPS) is 17.3. The van der Waals surface area contributed by atoms with E-state index in [1.165, 1.54) is 11.8 Å². The number of hydrogen-bond donors (Lipinski definition) is 1.